The van der Waals surface area contributed by atoms with E-state index in [0.717, 1.165) is 5.56 Å². The molecule has 0 fully saturated rings. The normalized spacial score (nSPS) is 10.1. The fourth-order valence-corrected chi connectivity index (χ4v) is 2.07. The summed E-state index contributed by atoms with van der Waals surface area (Å²) in [5, 5.41) is 5.26. The fourth-order valence-electron chi connectivity index (χ4n) is 2.07. The number of nitrogens with zero attached hydrogens (tertiary/aromatic N) is 1. The van der Waals surface area contributed by atoms with E-state index in [9.17, 15) is 14.0 Å². The highest BCUT2D eigenvalue weighted by Gasteiger charge is 2.07. The predicted octanol–water partition coefficient (Wildman–Crippen LogP) is 2.05. The number of carbonyl (C=O) groups excluding carboxylic acids is 2. The van der Waals surface area contributed by atoms with Gasteiger partial charge in [-0.05, 0) is 36.2 Å². The van der Waals surface area contributed by atoms with Gasteiger partial charge >= 0.3 is 6.09 Å². The molecule has 0 aliphatic rings. The van der Waals surface area contributed by atoms with Gasteiger partial charge in [0, 0.05) is 18.3 Å². The number of aromatic nitrogens is 1. The van der Waals surface area contributed by atoms with Crippen molar-refractivity contribution in [2.45, 2.75) is 13.0 Å². The lowest BCUT2D eigenvalue weighted by molar-refractivity contribution is 0.0954. The second-order valence-electron chi connectivity index (χ2n) is 5.02. The summed E-state index contributed by atoms with van der Waals surface area (Å²) in [7, 11) is 1.27. The minimum atomic E-state index is -0.568. The highest BCUT2D eigenvalue weighted by molar-refractivity contribution is 5.94. The van der Waals surface area contributed by atoms with Crippen molar-refractivity contribution in [1.82, 2.24) is 15.6 Å². The van der Waals surface area contributed by atoms with Gasteiger partial charge in [-0.1, -0.05) is 12.1 Å². The van der Waals surface area contributed by atoms with Gasteiger partial charge < -0.3 is 15.4 Å². The van der Waals surface area contributed by atoms with Crippen LogP contribution in [0.25, 0.3) is 0 Å². The molecule has 1 aromatic heterocycles. The summed E-state index contributed by atoms with van der Waals surface area (Å²) in [6.07, 6.45) is 1.46. The third-order valence-electron chi connectivity index (χ3n) is 3.27. The van der Waals surface area contributed by atoms with Crippen LogP contribution in [0, 0.1) is 5.82 Å². The summed E-state index contributed by atoms with van der Waals surface area (Å²) in [5.41, 5.74) is 1.79. The first kappa shape index (κ1) is 17.4. The van der Waals surface area contributed by atoms with E-state index in [-0.39, 0.29) is 18.3 Å². The maximum absolute atomic E-state index is 13.1. The summed E-state index contributed by atoms with van der Waals surface area (Å²) < 4.78 is 17.6. The number of amides is 2. The lowest BCUT2D eigenvalue weighted by atomic mass is 10.1. The molecule has 2 N–H and O–H groups in total. The molecule has 0 aliphatic carbocycles. The molecule has 0 atom stereocenters. The van der Waals surface area contributed by atoms with Crippen LogP contribution in [0.1, 0.15) is 21.6 Å². The van der Waals surface area contributed by atoms with Gasteiger partial charge in [0.1, 0.15) is 5.82 Å². The summed E-state index contributed by atoms with van der Waals surface area (Å²) in [6, 6.07) is 9.43. The van der Waals surface area contributed by atoms with E-state index < -0.39 is 6.09 Å². The Morgan fingerprint density at radius 1 is 1.21 bits per heavy atom. The van der Waals surface area contributed by atoms with Crippen LogP contribution in [0.4, 0.5) is 9.18 Å². The SMILES string of the molecule is COC(=O)NCc1cc(C(=O)NCCc2cccc(F)c2)ccn1. The Bertz CT molecular complexity index is 722. The van der Waals surface area contributed by atoms with Crippen LogP contribution in [0.5, 0.6) is 0 Å². The van der Waals surface area contributed by atoms with E-state index in [2.05, 4.69) is 20.4 Å². The number of ether oxygens (including phenoxy) is 1. The van der Waals surface area contributed by atoms with Gasteiger partial charge in [0.15, 0.2) is 0 Å². The molecule has 0 saturated heterocycles. The zero-order valence-electron chi connectivity index (χ0n) is 13.2. The minimum absolute atomic E-state index is 0.164. The number of benzene rings is 1. The molecule has 24 heavy (non-hydrogen) atoms. The van der Waals surface area contributed by atoms with E-state index >= 15 is 0 Å². The first-order valence-corrected chi connectivity index (χ1v) is 7.38. The molecule has 1 heterocycles. The van der Waals surface area contributed by atoms with Crippen molar-refractivity contribution < 1.29 is 18.7 Å². The molecule has 126 valence electrons. The summed E-state index contributed by atoms with van der Waals surface area (Å²) in [6.45, 7) is 0.553. The van der Waals surface area contributed by atoms with Crippen LogP contribution < -0.4 is 10.6 Å². The molecule has 0 saturated carbocycles. The van der Waals surface area contributed by atoms with Gasteiger partial charge in [0.2, 0.25) is 0 Å². The van der Waals surface area contributed by atoms with Crippen LogP contribution >= 0.6 is 0 Å². The number of carbonyl (C=O) groups is 2. The van der Waals surface area contributed by atoms with Crippen LogP contribution in [-0.2, 0) is 17.7 Å². The first-order valence-electron chi connectivity index (χ1n) is 7.38. The molecule has 0 bridgehead atoms. The van der Waals surface area contributed by atoms with Crippen molar-refractivity contribution in [3.63, 3.8) is 0 Å². The minimum Gasteiger partial charge on any atom is -0.453 e. The third kappa shape index (κ3) is 5.35. The number of pyridine rings is 1. The maximum atomic E-state index is 13.1. The predicted molar refractivity (Wildman–Crippen MR) is 85.9 cm³/mol. The lowest BCUT2D eigenvalue weighted by Crippen LogP contribution is -2.26. The van der Waals surface area contributed by atoms with E-state index in [4.69, 9.17) is 0 Å². The van der Waals surface area contributed by atoms with Gasteiger partial charge in [0.25, 0.3) is 5.91 Å². The summed E-state index contributed by atoms with van der Waals surface area (Å²) >= 11 is 0. The highest BCUT2D eigenvalue weighted by atomic mass is 19.1. The van der Waals surface area contributed by atoms with Crippen molar-refractivity contribution >= 4 is 12.0 Å². The topological polar surface area (TPSA) is 80.3 Å². The molecular weight excluding hydrogens is 313 g/mol. The number of hydrogen-bond donors (Lipinski definition) is 2. The lowest BCUT2D eigenvalue weighted by Gasteiger charge is -2.07. The Morgan fingerprint density at radius 2 is 2.04 bits per heavy atom. The number of methoxy groups -OCH3 is 1. The molecule has 2 amide bonds. The first-order chi connectivity index (χ1) is 11.6. The molecule has 0 unspecified atom stereocenters. The van der Waals surface area contributed by atoms with Gasteiger partial charge in [-0.3, -0.25) is 9.78 Å². The Balaban J connectivity index is 1.86. The zero-order valence-corrected chi connectivity index (χ0v) is 13.2. The molecule has 0 radical (unpaired) electrons. The average molecular weight is 331 g/mol. The van der Waals surface area contributed by atoms with Gasteiger partial charge in [0.05, 0.1) is 19.3 Å². The summed E-state index contributed by atoms with van der Waals surface area (Å²) in [5.74, 6) is -0.552. The van der Waals surface area contributed by atoms with Crippen LogP contribution in [0.15, 0.2) is 42.6 Å². The van der Waals surface area contributed by atoms with E-state index in [0.29, 0.717) is 24.2 Å². The molecule has 2 rings (SSSR count). The number of hydrogen-bond acceptors (Lipinski definition) is 4. The number of halogens is 1. The quantitative estimate of drug-likeness (QED) is 0.849. The Hall–Kier alpha value is -2.96. The number of rotatable bonds is 6. The number of alkyl carbamates (subject to hydrolysis) is 1. The van der Waals surface area contributed by atoms with Crippen molar-refractivity contribution in [3.05, 3.63) is 65.2 Å². The van der Waals surface area contributed by atoms with Gasteiger partial charge in [-0.2, -0.15) is 0 Å². The molecular formula is C17H18FN3O3. The smallest absolute Gasteiger partial charge is 0.407 e. The molecule has 6 nitrogen and oxygen atoms in total. The third-order valence-corrected chi connectivity index (χ3v) is 3.27. The van der Waals surface area contributed by atoms with Crippen molar-refractivity contribution in [3.8, 4) is 0 Å². The van der Waals surface area contributed by atoms with E-state index in [1.165, 1.54) is 25.4 Å². The van der Waals surface area contributed by atoms with Gasteiger partial charge in [-0.15, -0.1) is 0 Å². The van der Waals surface area contributed by atoms with Crippen LogP contribution in [0.3, 0.4) is 0 Å². The van der Waals surface area contributed by atoms with E-state index in [1.54, 1.807) is 24.3 Å². The van der Waals surface area contributed by atoms with Crippen molar-refractivity contribution in [2.75, 3.05) is 13.7 Å². The monoisotopic (exact) mass is 331 g/mol. The molecule has 0 spiro atoms. The largest absolute Gasteiger partial charge is 0.453 e. The van der Waals surface area contributed by atoms with Crippen molar-refractivity contribution in [2.24, 2.45) is 0 Å². The fraction of sp³-hybridized carbons (Fsp3) is 0.235. The number of nitrogens with one attached hydrogen (secondary N) is 2. The Morgan fingerprint density at radius 3 is 2.79 bits per heavy atom. The standard InChI is InChI=1S/C17H18FN3O3/c1-24-17(23)21-11-15-10-13(6-8-19-15)16(22)20-7-5-12-3-2-4-14(18)9-12/h2-4,6,8-10H,5,7,11H2,1H3,(H,20,22)(H,21,23). The Kier molecular flexibility index (Phi) is 6.24. The van der Waals surface area contributed by atoms with Crippen LogP contribution in [-0.4, -0.2) is 30.6 Å². The average Bonchev–Trinajstić information content (AvgIpc) is 2.60. The zero-order chi connectivity index (χ0) is 17.4. The van der Waals surface area contributed by atoms with E-state index in [1.807, 2.05) is 0 Å². The molecule has 7 heteroatoms. The van der Waals surface area contributed by atoms with Gasteiger partial charge in [-0.25, -0.2) is 9.18 Å². The second-order valence-corrected chi connectivity index (χ2v) is 5.02. The molecule has 1 aromatic carbocycles. The second kappa shape index (κ2) is 8.61. The van der Waals surface area contributed by atoms with Crippen molar-refractivity contribution in [1.29, 1.82) is 0 Å². The maximum Gasteiger partial charge on any atom is 0.407 e. The Labute approximate surface area is 139 Å². The van der Waals surface area contributed by atoms with Crippen LogP contribution in [0.2, 0.25) is 0 Å². The molecule has 0 aliphatic heterocycles. The highest BCUT2D eigenvalue weighted by Crippen LogP contribution is 2.05. The summed E-state index contributed by atoms with van der Waals surface area (Å²) in [4.78, 5) is 27.2. The molecule has 2 aromatic rings.